The Morgan fingerprint density at radius 1 is 1.27 bits per heavy atom. The quantitative estimate of drug-likeness (QED) is 0.894. The summed E-state index contributed by atoms with van der Waals surface area (Å²) in [6, 6.07) is 4.48. The smallest absolute Gasteiger partial charge is 0.324 e. The summed E-state index contributed by atoms with van der Waals surface area (Å²) in [7, 11) is -4.72. The van der Waals surface area contributed by atoms with Gasteiger partial charge in [-0.25, -0.2) is 8.42 Å². The summed E-state index contributed by atoms with van der Waals surface area (Å²) in [6.07, 6.45) is 0. The molecular formula is C8H8ClF2NO2S. The monoisotopic (exact) mass is 255 g/mol. The molecule has 0 fully saturated rings. The van der Waals surface area contributed by atoms with Crippen LogP contribution in [0, 0.1) is 0 Å². The van der Waals surface area contributed by atoms with E-state index in [9.17, 15) is 17.2 Å². The number of alkyl halides is 2. The van der Waals surface area contributed by atoms with Gasteiger partial charge in [-0.2, -0.15) is 8.78 Å². The molecule has 0 bridgehead atoms. The van der Waals surface area contributed by atoms with E-state index < -0.39 is 26.5 Å². The van der Waals surface area contributed by atoms with Crippen molar-refractivity contribution in [3.05, 3.63) is 29.3 Å². The lowest BCUT2D eigenvalue weighted by molar-refractivity contribution is 0.102. The number of nitrogens with two attached hydrogens (primary N) is 1. The second kappa shape index (κ2) is 4.03. The zero-order valence-corrected chi connectivity index (χ0v) is 9.02. The molecule has 2 N–H and O–H groups in total. The number of sulfone groups is 1. The van der Waals surface area contributed by atoms with E-state index in [1.54, 1.807) is 0 Å². The van der Waals surface area contributed by atoms with Crippen molar-refractivity contribution in [2.45, 2.75) is 10.2 Å². The van der Waals surface area contributed by atoms with Crippen LogP contribution in [0.3, 0.4) is 0 Å². The Kier molecular flexibility index (Phi) is 3.32. The molecule has 84 valence electrons. The van der Waals surface area contributed by atoms with Gasteiger partial charge < -0.3 is 5.73 Å². The fraction of sp³-hybridized carbons (Fsp3) is 0.250. The average Bonchev–Trinajstić information content (AvgIpc) is 2.18. The van der Waals surface area contributed by atoms with Gasteiger partial charge in [-0.15, -0.1) is 0 Å². The van der Waals surface area contributed by atoms with E-state index in [4.69, 9.17) is 17.3 Å². The summed E-state index contributed by atoms with van der Waals surface area (Å²) in [4.78, 5) is -0.498. The van der Waals surface area contributed by atoms with E-state index in [1.165, 1.54) is 12.1 Å². The minimum atomic E-state index is -4.72. The first-order chi connectivity index (χ1) is 6.81. The van der Waals surface area contributed by atoms with Crippen molar-refractivity contribution in [2.24, 2.45) is 5.73 Å². The number of hydrogen-bond donors (Lipinski definition) is 1. The Morgan fingerprint density at radius 3 is 2.13 bits per heavy atom. The molecule has 0 unspecified atom stereocenters. The molecule has 0 spiro atoms. The van der Waals surface area contributed by atoms with E-state index in [-0.39, 0.29) is 5.02 Å². The topological polar surface area (TPSA) is 60.2 Å². The fourth-order valence-corrected chi connectivity index (χ4v) is 2.08. The standard InChI is InChI=1S/C8H8ClF2NO2S/c9-6-1-3-7(4-2-6)15(13,14)8(10,11)5-12/h1-4H,5,12H2. The molecule has 0 aliphatic carbocycles. The van der Waals surface area contributed by atoms with Crippen molar-refractivity contribution in [2.75, 3.05) is 6.54 Å². The number of halogens is 3. The molecule has 0 heterocycles. The predicted octanol–water partition coefficient (Wildman–Crippen LogP) is 1.67. The highest BCUT2D eigenvalue weighted by molar-refractivity contribution is 7.92. The molecule has 0 radical (unpaired) electrons. The average molecular weight is 256 g/mol. The fourth-order valence-electron chi connectivity index (χ4n) is 0.896. The zero-order valence-electron chi connectivity index (χ0n) is 7.45. The molecule has 1 rings (SSSR count). The third kappa shape index (κ3) is 2.27. The van der Waals surface area contributed by atoms with Crippen molar-refractivity contribution < 1.29 is 17.2 Å². The maximum atomic E-state index is 13.0. The van der Waals surface area contributed by atoms with Gasteiger partial charge in [-0.1, -0.05) is 11.6 Å². The molecule has 3 nitrogen and oxygen atoms in total. The van der Waals surface area contributed by atoms with Gasteiger partial charge in [0.1, 0.15) is 0 Å². The molecule has 1 aromatic carbocycles. The minimum absolute atomic E-state index is 0.269. The largest absolute Gasteiger partial charge is 0.361 e. The van der Waals surface area contributed by atoms with Gasteiger partial charge in [0.25, 0.3) is 0 Å². The summed E-state index contributed by atoms with van der Waals surface area (Å²) < 4.78 is 48.6. The van der Waals surface area contributed by atoms with Crippen molar-refractivity contribution in [3.8, 4) is 0 Å². The summed E-state index contributed by atoms with van der Waals surface area (Å²) in [5, 5.41) is -3.69. The lowest BCUT2D eigenvalue weighted by atomic mass is 10.4. The number of benzene rings is 1. The zero-order chi connectivity index (χ0) is 11.7. The molecule has 0 aliphatic heterocycles. The Hall–Kier alpha value is -0.720. The van der Waals surface area contributed by atoms with Crippen molar-refractivity contribution in [1.82, 2.24) is 0 Å². The first-order valence-corrected chi connectivity index (χ1v) is 5.75. The van der Waals surface area contributed by atoms with Crippen molar-refractivity contribution in [1.29, 1.82) is 0 Å². The van der Waals surface area contributed by atoms with E-state index >= 15 is 0 Å². The molecule has 0 atom stereocenters. The van der Waals surface area contributed by atoms with Crippen LogP contribution in [0.15, 0.2) is 29.2 Å². The van der Waals surface area contributed by atoms with E-state index in [0.717, 1.165) is 12.1 Å². The second-order valence-corrected chi connectivity index (χ2v) is 5.31. The van der Waals surface area contributed by atoms with Crippen LogP contribution in [0.4, 0.5) is 8.78 Å². The number of hydrogen-bond acceptors (Lipinski definition) is 3. The first kappa shape index (κ1) is 12.4. The first-order valence-electron chi connectivity index (χ1n) is 3.89. The van der Waals surface area contributed by atoms with Crippen molar-refractivity contribution >= 4 is 21.4 Å². The molecule has 0 aromatic heterocycles. The molecule has 0 saturated carbocycles. The van der Waals surface area contributed by atoms with Crippen LogP contribution >= 0.6 is 11.6 Å². The van der Waals surface area contributed by atoms with Gasteiger partial charge in [0, 0.05) is 5.02 Å². The molecular weight excluding hydrogens is 248 g/mol. The minimum Gasteiger partial charge on any atom is -0.324 e. The summed E-state index contributed by atoms with van der Waals surface area (Å²) in [5.41, 5.74) is 4.70. The van der Waals surface area contributed by atoms with Gasteiger partial charge in [0.05, 0.1) is 11.4 Å². The Balaban J connectivity index is 3.24. The highest BCUT2D eigenvalue weighted by Crippen LogP contribution is 2.28. The van der Waals surface area contributed by atoms with Crippen LogP contribution < -0.4 is 5.73 Å². The van der Waals surface area contributed by atoms with Gasteiger partial charge in [0.15, 0.2) is 0 Å². The van der Waals surface area contributed by atoms with Crippen LogP contribution in [0.5, 0.6) is 0 Å². The molecule has 0 saturated heterocycles. The van der Waals surface area contributed by atoms with Gasteiger partial charge >= 0.3 is 5.25 Å². The SMILES string of the molecule is NCC(F)(F)S(=O)(=O)c1ccc(Cl)cc1. The van der Waals surface area contributed by atoms with Crippen LogP contribution in [0.1, 0.15) is 0 Å². The maximum absolute atomic E-state index is 13.0. The lowest BCUT2D eigenvalue weighted by Crippen LogP contribution is -2.36. The summed E-state index contributed by atoms with van der Waals surface area (Å²) in [5.74, 6) is 0. The lowest BCUT2D eigenvalue weighted by Gasteiger charge is -2.14. The Bertz CT molecular complexity index is 444. The second-order valence-electron chi connectivity index (χ2n) is 2.80. The number of rotatable bonds is 3. The summed E-state index contributed by atoms with van der Waals surface area (Å²) >= 11 is 5.50. The molecule has 15 heavy (non-hydrogen) atoms. The summed E-state index contributed by atoms with van der Waals surface area (Å²) in [6.45, 7) is -1.25. The predicted molar refractivity (Wildman–Crippen MR) is 52.6 cm³/mol. The van der Waals surface area contributed by atoms with Crippen LogP contribution in [-0.4, -0.2) is 20.2 Å². The van der Waals surface area contributed by atoms with E-state index in [1.807, 2.05) is 0 Å². The normalized spacial score (nSPS) is 12.8. The Labute approximate surface area is 90.8 Å². The molecule has 0 aliphatic rings. The Morgan fingerprint density at radius 2 is 1.73 bits per heavy atom. The third-order valence-corrected chi connectivity index (χ3v) is 3.85. The molecule has 1 aromatic rings. The van der Waals surface area contributed by atoms with Gasteiger partial charge in [-0.05, 0) is 24.3 Å². The van der Waals surface area contributed by atoms with Crippen LogP contribution in [-0.2, 0) is 9.84 Å². The van der Waals surface area contributed by atoms with E-state index in [2.05, 4.69) is 0 Å². The van der Waals surface area contributed by atoms with Crippen molar-refractivity contribution in [3.63, 3.8) is 0 Å². The van der Waals surface area contributed by atoms with Crippen LogP contribution in [0.25, 0.3) is 0 Å². The maximum Gasteiger partial charge on any atom is 0.361 e. The molecule has 0 amide bonds. The highest BCUT2D eigenvalue weighted by Gasteiger charge is 2.44. The van der Waals surface area contributed by atoms with E-state index in [0.29, 0.717) is 0 Å². The van der Waals surface area contributed by atoms with Gasteiger partial charge in [0.2, 0.25) is 9.84 Å². The van der Waals surface area contributed by atoms with Crippen LogP contribution in [0.2, 0.25) is 5.02 Å². The highest BCUT2D eigenvalue weighted by atomic mass is 35.5. The molecule has 7 heteroatoms. The third-order valence-electron chi connectivity index (χ3n) is 1.75. The van der Waals surface area contributed by atoms with Gasteiger partial charge in [-0.3, -0.25) is 0 Å².